The van der Waals surface area contributed by atoms with Gasteiger partial charge in [-0.05, 0) is 56.7 Å². The number of aryl methyl sites for hydroxylation is 2. The van der Waals surface area contributed by atoms with Gasteiger partial charge in [0.15, 0.2) is 11.9 Å². The summed E-state index contributed by atoms with van der Waals surface area (Å²) >= 11 is 0. The van der Waals surface area contributed by atoms with Crippen molar-refractivity contribution in [3.05, 3.63) is 51.4 Å². The minimum absolute atomic E-state index is 0.239. The van der Waals surface area contributed by atoms with Crippen LogP contribution in [0.3, 0.4) is 0 Å². The number of carbonyl (C=O) groups is 1. The molecule has 0 saturated heterocycles. The second-order valence-corrected chi connectivity index (χ2v) is 7.98. The summed E-state index contributed by atoms with van der Waals surface area (Å²) in [4.78, 5) is 24.8. The van der Waals surface area contributed by atoms with E-state index in [1.165, 1.54) is 0 Å². The Hall–Kier alpha value is -3.16. The Bertz CT molecular complexity index is 1180. The highest BCUT2D eigenvalue weighted by Crippen LogP contribution is 2.29. The van der Waals surface area contributed by atoms with Gasteiger partial charge >= 0.3 is 5.63 Å². The predicted molar refractivity (Wildman–Crippen MR) is 109 cm³/mol. The molecule has 3 heterocycles. The van der Waals surface area contributed by atoms with Crippen LogP contribution in [0.5, 0.6) is 5.75 Å². The van der Waals surface area contributed by atoms with Crippen molar-refractivity contribution in [1.82, 2.24) is 20.1 Å². The number of aromatic nitrogens is 3. The minimum atomic E-state index is -0.701. The minimum Gasteiger partial charge on any atom is -0.481 e. The van der Waals surface area contributed by atoms with Crippen LogP contribution in [0.2, 0.25) is 0 Å². The zero-order valence-corrected chi connectivity index (χ0v) is 16.9. The van der Waals surface area contributed by atoms with E-state index in [0.717, 1.165) is 73.2 Å². The van der Waals surface area contributed by atoms with Gasteiger partial charge in [0, 0.05) is 30.0 Å². The molecule has 2 aromatic heterocycles. The number of carbonyl (C=O) groups excluding carboxylic acids is 1. The fourth-order valence-electron chi connectivity index (χ4n) is 4.41. The number of ether oxygens (including phenoxy) is 1. The van der Waals surface area contributed by atoms with Gasteiger partial charge in [-0.2, -0.15) is 0 Å². The van der Waals surface area contributed by atoms with Gasteiger partial charge in [-0.3, -0.25) is 4.79 Å². The van der Waals surface area contributed by atoms with E-state index in [9.17, 15) is 9.59 Å². The molecule has 8 nitrogen and oxygen atoms in total. The fraction of sp³-hybridized carbons (Fsp3) is 0.455. The maximum atomic E-state index is 12.5. The molecule has 1 aromatic carbocycles. The molecule has 0 radical (unpaired) electrons. The highest BCUT2D eigenvalue weighted by molar-refractivity contribution is 5.83. The van der Waals surface area contributed by atoms with Crippen molar-refractivity contribution in [3.8, 4) is 5.75 Å². The van der Waals surface area contributed by atoms with Gasteiger partial charge in [0.1, 0.15) is 17.2 Å². The van der Waals surface area contributed by atoms with Crippen LogP contribution in [0.15, 0.2) is 27.4 Å². The molecule has 0 spiro atoms. The summed E-state index contributed by atoms with van der Waals surface area (Å²) in [5.74, 6) is 1.99. The SMILES string of the molecule is CC(Oc1ccc2c3c(c(=O)oc2c1)CCCC3)C(=O)NCc1nnc2n1CCC2. The van der Waals surface area contributed by atoms with Gasteiger partial charge in [0.25, 0.3) is 5.91 Å². The van der Waals surface area contributed by atoms with Gasteiger partial charge in [0.2, 0.25) is 0 Å². The molecule has 8 heteroatoms. The third-order valence-electron chi connectivity index (χ3n) is 5.98. The molecule has 156 valence electrons. The van der Waals surface area contributed by atoms with Crippen LogP contribution in [-0.4, -0.2) is 26.8 Å². The van der Waals surface area contributed by atoms with Crippen molar-refractivity contribution in [3.63, 3.8) is 0 Å². The standard InChI is InChI=1S/C22H24N4O4/c1-13(21(27)23-12-20-25-24-19-7-4-10-26(19)20)29-14-8-9-16-15-5-2-3-6-17(15)22(28)30-18(16)11-14/h8-9,11,13H,2-7,10,12H2,1H3,(H,23,27). The Kier molecular flexibility index (Phi) is 4.77. The first-order valence-electron chi connectivity index (χ1n) is 10.5. The smallest absolute Gasteiger partial charge is 0.339 e. The van der Waals surface area contributed by atoms with Crippen molar-refractivity contribution >= 4 is 16.9 Å². The zero-order chi connectivity index (χ0) is 20.7. The van der Waals surface area contributed by atoms with Crippen molar-refractivity contribution in [2.75, 3.05) is 0 Å². The van der Waals surface area contributed by atoms with E-state index in [1.54, 1.807) is 13.0 Å². The van der Waals surface area contributed by atoms with E-state index >= 15 is 0 Å². The van der Waals surface area contributed by atoms with E-state index < -0.39 is 6.10 Å². The Labute approximate surface area is 173 Å². The van der Waals surface area contributed by atoms with Crippen molar-refractivity contribution in [1.29, 1.82) is 0 Å². The molecule has 3 aromatic rings. The molecule has 1 unspecified atom stereocenters. The van der Waals surface area contributed by atoms with Crippen LogP contribution >= 0.6 is 0 Å². The summed E-state index contributed by atoms with van der Waals surface area (Å²) < 4.78 is 13.4. The lowest BCUT2D eigenvalue weighted by Crippen LogP contribution is -2.36. The topological polar surface area (TPSA) is 99.2 Å². The third-order valence-corrected chi connectivity index (χ3v) is 5.98. The first-order chi connectivity index (χ1) is 14.6. The largest absolute Gasteiger partial charge is 0.481 e. The second-order valence-electron chi connectivity index (χ2n) is 7.98. The number of hydrogen-bond acceptors (Lipinski definition) is 6. The molecule has 2 aliphatic rings. The number of nitrogens with one attached hydrogen (secondary N) is 1. The van der Waals surface area contributed by atoms with Gasteiger partial charge in [0.05, 0.1) is 6.54 Å². The summed E-state index contributed by atoms with van der Waals surface area (Å²) in [6, 6.07) is 5.44. The van der Waals surface area contributed by atoms with Crippen LogP contribution in [0, 0.1) is 0 Å². The van der Waals surface area contributed by atoms with Crippen LogP contribution in [-0.2, 0) is 37.1 Å². The number of hydrogen-bond donors (Lipinski definition) is 1. The van der Waals surface area contributed by atoms with Gasteiger partial charge in [-0.15, -0.1) is 10.2 Å². The van der Waals surface area contributed by atoms with E-state index in [-0.39, 0.29) is 11.5 Å². The lowest BCUT2D eigenvalue weighted by Gasteiger charge is -2.17. The number of benzene rings is 1. The number of nitrogens with zero attached hydrogens (tertiary/aromatic N) is 3. The normalized spacial score (nSPS) is 16.2. The average molecular weight is 408 g/mol. The summed E-state index contributed by atoms with van der Waals surface area (Å²) in [6.45, 7) is 2.90. The van der Waals surface area contributed by atoms with E-state index in [1.807, 2.05) is 12.1 Å². The van der Waals surface area contributed by atoms with Crippen molar-refractivity contribution in [2.45, 2.75) is 64.6 Å². The Morgan fingerprint density at radius 1 is 1.20 bits per heavy atom. The summed E-state index contributed by atoms with van der Waals surface area (Å²) in [5, 5.41) is 12.1. The molecule has 1 atom stereocenters. The molecule has 1 aliphatic heterocycles. The molecule has 0 saturated carbocycles. The molecular formula is C22H24N4O4. The second kappa shape index (κ2) is 7.59. The molecule has 30 heavy (non-hydrogen) atoms. The lowest BCUT2D eigenvalue weighted by molar-refractivity contribution is -0.127. The maximum absolute atomic E-state index is 12.5. The number of amides is 1. The molecule has 1 amide bonds. The molecule has 1 aliphatic carbocycles. The Morgan fingerprint density at radius 2 is 2.03 bits per heavy atom. The highest BCUT2D eigenvalue weighted by Gasteiger charge is 2.21. The summed E-state index contributed by atoms with van der Waals surface area (Å²) in [5.41, 5.74) is 2.13. The van der Waals surface area contributed by atoms with Crippen molar-refractivity contribution in [2.24, 2.45) is 0 Å². The van der Waals surface area contributed by atoms with E-state index in [2.05, 4.69) is 20.1 Å². The van der Waals surface area contributed by atoms with Gasteiger partial charge in [-0.25, -0.2) is 4.79 Å². The Balaban J connectivity index is 1.28. The summed E-state index contributed by atoms with van der Waals surface area (Å²) in [6.07, 6.45) is 5.06. The Morgan fingerprint density at radius 3 is 2.90 bits per heavy atom. The first kappa shape index (κ1) is 18.8. The molecular weight excluding hydrogens is 384 g/mol. The first-order valence-corrected chi connectivity index (χ1v) is 10.5. The number of rotatable bonds is 5. The van der Waals surface area contributed by atoms with E-state index in [4.69, 9.17) is 9.15 Å². The quantitative estimate of drug-likeness (QED) is 0.651. The van der Waals surface area contributed by atoms with Crippen LogP contribution < -0.4 is 15.7 Å². The highest BCUT2D eigenvalue weighted by atomic mass is 16.5. The lowest BCUT2D eigenvalue weighted by atomic mass is 9.91. The molecule has 0 fully saturated rings. The molecule has 0 bridgehead atoms. The van der Waals surface area contributed by atoms with Crippen molar-refractivity contribution < 1.29 is 13.9 Å². The van der Waals surface area contributed by atoms with E-state index in [0.29, 0.717) is 17.9 Å². The van der Waals surface area contributed by atoms with Crippen LogP contribution in [0.4, 0.5) is 0 Å². The number of fused-ring (bicyclic) bond motifs is 4. The van der Waals surface area contributed by atoms with Gasteiger partial charge in [-0.1, -0.05) is 0 Å². The van der Waals surface area contributed by atoms with Crippen LogP contribution in [0.25, 0.3) is 11.0 Å². The predicted octanol–water partition coefficient (Wildman–Crippen LogP) is 2.29. The summed E-state index contributed by atoms with van der Waals surface area (Å²) in [7, 11) is 0. The van der Waals surface area contributed by atoms with Crippen LogP contribution in [0.1, 0.15) is 49.0 Å². The third kappa shape index (κ3) is 3.36. The monoisotopic (exact) mass is 408 g/mol. The van der Waals surface area contributed by atoms with Gasteiger partial charge < -0.3 is 19.0 Å². The maximum Gasteiger partial charge on any atom is 0.339 e. The fourth-order valence-corrected chi connectivity index (χ4v) is 4.41. The molecule has 5 rings (SSSR count). The average Bonchev–Trinajstić information content (AvgIpc) is 3.36. The molecule has 1 N–H and O–H groups in total. The zero-order valence-electron chi connectivity index (χ0n) is 16.9.